The van der Waals surface area contributed by atoms with Gasteiger partial charge in [0.05, 0.1) is 0 Å². The van der Waals surface area contributed by atoms with Gasteiger partial charge >= 0.3 is 0 Å². The molecule has 2 N–H and O–H groups in total. The van der Waals surface area contributed by atoms with E-state index >= 15 is 0 Å². The first kappa shape index (κ1) is 15.6. The Morgan fingerprint density at radius 1 is 1.14 bits per heavy atom. The van der Waals surface area contributed by atoms with Crippen LogP contribution >= 0.6 is 23.2 Å². The van der Waals surface area contributed by atoms with Gasteiger partial charge in [-0.15, -0.1) is 0 Å². The van der Waals surface area contributed by atoms with Crippen molar-refractivity contribution in [2.24, 2.45) is 11.7 Å². The lowest BCUT2D eigenvalue weighted by Gasteiger charge is -2.39. The Labute approximate surface area is 137 Å². The van der Waals surface area contributed by atoms with Gasteiger partial charge in [-0.25, -0.2) is 0 Å². The van der Waals surface area contributed by atoms with Crippen molar-refractivity contribution in [1.82, 2.24) is 9.80 Å². The highest BCUT2D eigenvalue weighted by atomic mass is 35.5. The molecule has 0 spiro atoms. The first-order chi connectivity index (χ1) is 10.2. The van der Waals surface area contributed by atoms with Gasteiger partial charge < -0.3 is 10.6 Å². The molecule has 3 rings (SSSR count). The Morgan fingerprint density at radius 2 is 1.86 bits per heavy atom. The Bertz CT molecular complexity index is 482. The molecule has 1 heterocycles. The molecule has 3 nitrogen and oxygen atoms in total. The Hall–Kier alpha value is -0.320. The quantitative estimate of drug-likeness (QED) is 0.902. The van der Waals surface area contributed by atoms with Crippen LogP contribution in [0.3, 0.4) is 0 Å². The van der Waals surface area contributed by atoms with Crippen LogP contribution in [0.4, 0.5) is 0 Å². The van der Waals surface area contributed by atoms with E-state index in [0.717, 1.165) is 47.7 Å². The molecule has 1 saturated carbocycles. The zero-order chi connectivity index (χ0) is 14.8. The fraction of sp³-hybridized carbons (Fsp3) is 0.625. The van der Waals surface area contributed by atoms with Crippen LogP contribution in [0.2, 0.25) is 10.0 Å². The van der Waals surface area contributed by atoms with Crippen LogP contribution in [-0.4, -0.2) is 49.1 Å². The molecule has 1 unspecified atom stereocenters. The molecule has 0 amide bonds. The van der Waals surface area contributed by atoms with Gasteiger partial charge in [-0.2, -0.15) is 0 Å². The minimum atomic E-state index is 0.166. The fourth-order valence-electron chi connectivity index (χ4n) is 3.17. The summed E-state index contributed by atoms with van der Waals surface area (Å²) in [4.78, 5) is 5.03. The van der Waals surface area contributed by atoms with Crippen LogP contribution in [0.1, 0.15) is 24.4 Å². The number of nitrogens with two attached hydrogens (primary N) is 1. The molecular formula is C16H23Cl2N3. The number of rotatable bonds is 5. The first-order valence-corrected chi connectivity index (χ1v) is 8.54. The van der Waals surface area contributed by atoms with Gasteiger partial charge in [-0.05, 0) is 42.5 Å². The standard InChI is InChI=1S/C16H23Cl2N3/c17-13-3-4-15(18)14(9-13)16(10-19)21-7-5-20(6-8-21)11-12-1-2-12/h3-4,9,12,16H,1-2,5-8,10-11,19H2. The summed E-state index contributed by atoms with van der Waals surface area (Å²) < 4.78 is 0. The highest BCUT2D eigenvalue weighted by Gasteiger charge is 2.29. The van der Waals surface area contributed by atoms with E-state index in [1.807, 2.05) is 18.2 Å². The molecule has 2 aliphatic rings. The Kier molecular flexibility index (Phi) is 5.07. The van der Waals surface area contributed by atoms with E-state index in [0.29, 0.717) is 6.54 Å². The summed E-state index contributed by atoms with van der Waals surface area (Å²) in [6.07, 6.45) is 2.84. The van der Waals surface area contributed by atoms with Crippen LogP contribution in [0, 0.1) is 5.92 Å². The minimum Gasteiger partial charge on any atom is -0.329 e. The van der Waals surface area contributed by atoms with Crippen LogP contribution in [0.5, 0.6) is 0 Å². The first-order valence-electron chi connectivity index (χ1n) is 7.79. The molecule has 0 radical (unpaired) electrons. The molecule has 1 atom stereocenters. The smallest absolute Gasteiger partial charge is 0.0486 e. The average Bonchev–Trinajstić information content (AvgIpc) is 3.29. The molecule has 0 aromatic heterocycles. The third kappa shape index (κ3) is 3.91. The van der Waals surface area contributed by atoms with E-state index in [9.17, 15) is 0 Å². The van der Waals surface area contributed by atoms with Gasteiger partial charge in [0.25, 0.3) is 0 Å². The van der Waals surface area contributed by atoms with Crippen LogP contribution in [-0.2, 0) is 0 Å². The SMILES string of the molecule is NCC(c1cc(Cl)ccc1Cl)N1CCN(CC2CC2)CC1. The van der Waals surface area contributed by atoms with E-state index < -0.39 is 0 Å². The van der Waals surface area contributed by atoms with Crippen molar-refractivity contribution >= 4 is 23.2 Å². The molecule has 116 valence electrons. The van der Waals surface area contributed by atoms with Crippen molar-refractivity contribution in [3.8, 4) is 0 Å². The van der Waals surface area contributed by atoms with Crippen molar-refractivity contribution in [3.05, 3.63) is 33.8 Å². The van der Waals surface area contributed by atoms with Gasteiger partial charge in [-0.1, -0.05) is 23.2 Å². The topological polar surface area (TPSA) is 32.5 Å². The highest BCUT2D eigenvalue weighted by molar-refractivity contribution is 6.33. The van der Waals surface area contributed by atoms with Gasteiger partial charge in [0.15, 0.2) is 0 Å². The summed E-state index contributed by atoms with van der Waals surface area (Å²) in [6.45, 7) is 6.22. The normalized spacial score (nSPS) is 22.4. The summed E-state index contributed by atoms with van der Waals surface area (Å²) >= 11 is 12.5. The average molecular weight is 328 g/mol. The highest BCUT2D eigenvalue weighted by Crippen LogP contribution is 2.32. The Morgan fingerprint density at radius 3 is 2.48 bits per heavy atom. The summed E-state index contributed by atoms with van der Waals surface area (Å²) in [6, 6.07) is 5.82. The van der Waals surface area contributed by atoms with Gasteiger partial charge in [0, 0.05) is 55.4 Å². The molecule has 1 saturated heterocycles. The van der Waals surface area contributed by atoms with Crippen LogP contribution < -0.4 is 5.73 Å². The van der Waals surface area contributed by atoms with Gasteiger partial charge in [0.1, 0.15) is 0 Å². The van der Waals surface area contributed by atoms with E-state index in [1.54, 1.807) is 0 Å². The molecule has 1 aromatic carbocycles. The molecule has 1 aromatic rings. The van der Waals surface area contributed by atoms with E-state index in [-0.39, 0.29) is 6.04 Å². The summed E-state index contributed by atoms with van der Waals surface area (Å²) in [5, 5.41) is 1.48. The van der Waals surface area contributed by atoms with E-state index in [4.69, 9.17) is 28.9 Å². The molecule has 21 heavy (non-hydrogen) atoms. The monoisotopic (exact) mass is 327 g/mol. The predicted molar refractivity (Wildman–Crippen MR) is 89.0 cm³/mol. The number of hydrogen-bond acceptors (Lipinski definition) is 3. The number of hydrogen-bond donors (Lipinski definition) is 1. The number of piperazine rings is 1. The third-order valence-electron chi connectivity index (χ3n) is 4.60. The predicted octanol–water partition coefficient (Wildman–Crippen LogP) is 3.02. The van der Waals surface area contributed by atoms with Crippen molar-refractivity contribution < 1.29 is 0 Å². The lowest BCUT2D eigenvalue weighted by atomic mass is 10.0. The van der Waals surface area contributed by atoms with Crippen molar-refractivity contribution in [2.45, 2.75) is 18.9 Å². The van der Waals surface area contributed by atoms with Gasteiger partial charge in [-0.3, -0.25) is 4.90 Å². The number of benzene rings is 1. The summed E-state index contributed by atoms with van der Waals surface area (Å²) in [7, 11) is 0. The zero-order valence-electron chi connectivity index (χ0n) is 12.3. The second-order valence-corrected chi connectivity index (χ2v) is 7.04. The molecule has 0 bridgehead atoms. The zero-order valence-corrected chi connectivity index (χ0v) is 13.8. The van der Waals surface area contributed by atoms with E-state index in [1.165, 1.54) is 19.4 Å². The van der Waals surface area contributed by atoms with E-state index in [2.05, 4.69) is 9.80 Å². The second-order valence-electron chi connectivity index (χ2n) is 6.20. The molecule has 2 fully saturated rings. The molecule has 1 aliphatic carbocycles. The molecular weight excluding hydrogens is 305 g/mol. The minimum absolute atomic E-state index is 0.166. The number of nitrogens with zero attached hydrogens (tertiary/aromatic N) is 2. The van der Waals surface area contributed by atoms with Crippen LogP contribution in [0.15, 0.2) is 18.2 Å². The number of halogens is 2. The maximum atomic E-state index is 6.34. The lowest BCUT2D eigenvalue weighted by molar-refractivity contribution is 0.0956. The van der Waals surface area contributed by atoms with Gasteiger partial charge in [0.2, 0.25) is 0 Å². The third-order valence-corrected chi connectivity index (χ3v) is 5.18. The summed E-state index contributed by atoms with van der Waals surface area (Å²) in [5.74, 6) is 0.962. The Balaban J connectivity index is 1.65. The maximum absolute atomic E-state index is 6.34. The molecule has 5 heteroatoms. The fourth-order valence-corrected chi connectivity index (χ4v) is 3.59. The maximum Gasteiger partial charge on any atom is 0.0486 e. The lowest BCUT2D eigenvalue weighted by Crippen LogP contribution is -2.49. The second kappa shape index (κ2) is 6.84. The molecule has 1 aliphatic heterocycles. The van der Waals surface area contributed by atoms with Crippen molar-refractivity contribution in [2.75, 3.05) is 39.3 Å². The van der Waals surface area contributed by atoms with Crippen LogP contribution in [0.25, 0.3) is 0 Å². The largest absolute Gasteiger partial charge is 0.329 e. The van der Waals surface area contributed by atoms with Crippen molar-refractivity contribution in [1.29, 1.82) is 0 Å². The van der Waals surface area contributed by atoms with Crippen molar-refractivity contribution in [3.63, 3.8) is 0 Å². The summed E-state index contributed by atoms with van der Waals surface area (Å²) in [5.41, 5.74) is 7.08.